The van der Waals surface area contributed by atoms with E-state index in [9.17, 15) is 24.0 Å². The third-order valence-electron chi connectivity index (χ3n) is 7.59. The van der Waals surface area contributed by atoms with Gasteiger partial charge in [0.15, 0.2) is 0 Å². The fraction of sp³-hybridized carbons (Fsp3) is 0.333. The minimum Gasteiger partial charge on any atom is -0.483 e. The lowest BCUT2D eigenvalue weighted by atomic mass is 10.0. The number of carbonyl (C=O) groups excluding carboxylic acids is 4. The number of hydrogen-bond donors (Lipinski definition) is 5. The van der Waals surface area contributed by atoms with Gasteiger partial charge in [-0.3, -0.25) is 33.2 Å². The van der Waals surface area contributed by atoms with Crippen LogP contribution in [0.2, 0.25) is 0 Å². The van der Waals surface area contributed by atoms with Crippen LogP contribution in [0.5, 0.6) is 0 Å². The molecule has 0 saturated carbocycles. The van der Waals surface area contributed by atoms with Crippen molar-refractivity contribution in [3.8, 4) is 0 Å². The number of nitrogens with zero attached hydrogens (tertiary/aromatic N) is 3. The summed E-state index contributed by atoms with van der Waals surface area (Å²) < 4.78 is 1.27. The Bertz CT molecular complexity index is 1810. The number of fused-ring (bicyclic) bond motifs is 3. The summed E-state index contributed by atoms with van der Waals surface area (Å²) in [5.41, 5.74) is 0.695. The van der Waals surface area contributed by atoms with Gasteiger partial charge >= 0.3 is 0 Å². The molecule has 1 aliphatic heterocycles. The second kappa shape index (κ2) is 16.9. The third kappa shape index (κ3) is 9.09. The van der Waals surface area contributed by atoms with E-state index in [4.69, 9.17) is 9.90 Å². The van der Waals surface area contributed by atoms with Crippen LogP contribution in [-0.4, -0.2) is 68.2 Å². The zero-order valence-electron chi connectivity index (χ0n) is 26.4. The van der Waals surface area contributed by atoms with Crippen LogP contribution in [0.15, 0.2) is 71.1 Å². The van der Waals surface area contributed by atoms with E-state index in [-0.39, 0.29) is 36.0 Å². The first kappa shape index (κ1) is 35.4. The van der Waals surface area contributed by atoms with Crippen LogP contribution in [-0.2, 0) is 20.8 Å². The molecule has 14 nitrogen and oxygen atoms in total. The molecule has 5 rings (SSSR count). The van der Waals surface area contributed by atoms with Crippen molar-refractivity contribution in [1.82, 2.24) is 35.6 Å². The molecule has 4 heterocycles. The van der Waals surface area contributed by atoms with Crippen molar-refractivity contribution in [2.75, 3.05) is 6.54 Å². The normalized spacial score (nSPS) is 18.9. The van der Waals surface area contributed by atoms with Crippen LogP contribution >= 0.6 is 11.3 Å². The van der Waals surface area contributed by atoms with Gasteiger partial charge in [-0.1, -0.05) is 50.2 Å². The van der Waals surface area contributed by atoms with Gasteiger partial charge < -0.3 is 26.4 Å². The van der Waals surface area contributed by atoms with Crippen molar-refractivity contribution in [3.05, 3.63) is 98.5 Å². The number of hydrogen-bond acceptors (Lipinski definition) is 9. The lowest BCUT2D eigenvalue weighted by molar-refractivity contribution is -0.124. The first-order valence-electron chi connectivity index (χ1n) is 15.4. The van der Waals surface area contributed by atoms with Crippen molar-refractivity contribution in [1.29, 1.82) is 0 Å². The molecule has 0 spiro atoms. The van der Waals surface area contributed by atoms with Gasteiger partial charge in [0.1, 0.15) is 34.0 Å². The maximum absolute atomic E-state index is 13.6. The lowest BCUT2D eigenvalue weighted by Crippen LogP contribution is -2.50. The Morgan fingerprint density at radius 3 is 2.52 bits per heavy atom. The van der Waals surface area contributed by atoms with Crippen LogP contribution in [0.1, 0.15) is 70.6 Å². The van der Waals surface area contributed by atoms with Crippen LogP contribution in [0.4, 0.5) is 0 Å². The summed E-state index contributed by atoms with van der Waals surface area (Å²) in [5, 5.41) is 20.4. The zero-order valence-corrected chi connectivity index (χ0v) is 27.2. The number of thiazole rings is 1. The molecule has 3 aromatic heterocycles. The Balaban J connectivity index is 0.00000167. The highest BCUT2D eigenvalue weighted by atomic mass is 32.1. The first-order valence-corrected chi connectivity index (χ1v) is 16.2. The summed E-state index contributed by atoms with van der Waals surface area (Å²) in [6, 6.07) is 12.1. The molecule has 252 valence electrons. The predicted octanol–water partition coefficient (Wildman–Crippen LogP) is 2.10. The van der Waals surface area contributed by atoms with Gasteiger partial charge in [-0.25, -0.2) is 9.97 Å². The van der Waals surface area contributed by atoms with Crippen molar-refractivity contribution in [3.63, 3.8) is 0 Å². The van der Waals surface area contributed by atoms with E-state index in [0.717, 1.165) is 5.56 Å². The van der Waals surface area contributed by atoms with E-state index in [2.05, 4.69) is 31.2 Å². The second-order valence-corrected chi connectivity index (χ2v) is 12.2. The molecule has 4 aromatic rings. The Labute approximate surface area is 280 Å². The van der Waals surface area contributed by atoms with Crippen molar-refractivity contribution in [2.45, 2.75) is 57.7 Å². The van der Waals surface area contributed by atoms with Crippen LogP contribution in [0.25, 0.3) is 5.65 Å². The minimum atomic E-state index is -0.980. The molecule has 3 atom stereocenters. The maximum Gasteiger partial charge on any atom is 0.290 e. The second-order valence-electron chi connectivity index (χ2n) is 11.3. The Kier molecular flexibility index (Phi) is 12.5. The molecule has 5 N–H and O–H groups in total. The molecule has 15 heteroatoms. The standard InChI is InChI=1S/C32H35N7O5S.CH2O2/c1-19(2)26-31-37-24(18-45-31)30(43)36-23(16-20-10-4-3-5-11-20)28(41)33-14-8-6-12-22(29(42)38-26)35-27(40)21-17-34-25-13-7-9-15-39(25)32(21)44;2-1-3/h3-5,7,9-11,13,15,17-19,22-23,26H,6,8,12,14,16H2,1-2H3,(H,33,41)(H,35,40)(H,36,43)(H,38,42);1H,(H,2,3)/t22-,23+,26+;/m0./s1. The van der Waals surface area contributed by atoms with Gasteiger partial charge in [-0.05, 0) is 42.9 Å². The third-order valence-corrected chi connectivity index (χ3v) is 8.52. The number of pyridine rings is 1. The topological polar surface area (TPSA) is 201 Å². The molecule has 0 unspecified atom stereocenters. The molecular weight excluding hydrogens is 638 g/mol. The number of carbonyl (C=O) groups is 5. The molecule has 1 aromatic carbocycles. The number of benzene rings is 1. The van der Waals surface area contributed by atoms with Crippen LogP contribution < -0.4 is 26.8 Å². The summed E-state index contributed by atoms with van der Waals surface area (Å²) in [5.74, 6) is -2.09. The highest BCUT2D eigenvalue weighted by molar-refractivity contribution is 7.09. The maximum atomic E-state index is 13.6. The van der Waals surface area contributed by atoms with E-state index in [1.54, 1.807) is 23.6 Å². The number of carboxylic acid groups (broad SMARTS) is 1. The Hall–Kier alpha value is -5.44. The number of amides is 4. The molecule has 1 aliphatic rings. The summed E-state index contributed by atoms with van der Waals surface area (Å²) in [6.45, 7) is 3.88. The number of nitrogens with one attached hydrogen (secondary N) is 4. The molecule has 0 aliphatic carbocycles. The molecular formula is C33H37N7O7S. The van der Waals surface area contributed by atoms with E-state index in [1.165, 1.54) is 28.1 Å². The number of rotatable bonds is 5. The Morgan fingerprint density at radius 2 is 1.79 bits per heavy atom. The minimum absolute atomic E-state index is 0.0998. The van der Waals surface area contributed by atoms with Crippen molar-refractivity contribution < 1.29 is 29.1 Å². The fourth-order valence-electron chi connectivity index (χ4n) is 5.09. The van der Waals surface area contributed by atoms with E-state index < -0.39 is 41.4 Å². The van der Waals surface area contributed by atoms with E-state index in [1.807, 2.05) is 44.2 Å². The van der Waals surface area contributed by atoms with Gasteiger partial charge in [0, 0.05) is 30.7 Å². The Morgan fingerprint density at radius 1 is 1.06 bits per heavy atom. The lowest BCUT2D eigenvalue weighted by Gasteiger charge is -2.25. The van der Waals surface area contributed by atoms with Crippen molar-refractivity contribution >= 4 is 47.1 Å². The van der Waals surface area contributed by atoms with Crippen molar-refractivity contribution in [2.24, 2.45) is 5.92 Å². The number of aromatic nitrogens is 3. The molecule has 4 amide bonds. The highest BCUT2D eigenvalue weighted by Gasteiger charge is 2.30. The van der Waals surface area contributed by atoms with Crippen LogP contribution in [0, 0.1) is 5.92 Å². The zero-order chi connectivity index (χ0) is 34.6. The van der Waals surface area contributed by atoms with Gasteiger partial charge in [0.2, 0.25) is 11.8 Å². The summed E-state index contributed by atoms with van der Waals surface area (Å²) in [7, 11) is 0. The SMILES string of the molecule is CC(C)[C@H]1NC(=O)[C@@H](NC(=O)c2cnc3ccccn3c2=O)CCCCNC(=O)[C@@H](Cc2ccccc2)NC(=O)c2csc1n2.O=CO. The molecule has 0 radical (unpaired) electrons. The summed E-state index contributed by atoms with van der Waals surface area (Å²) in [4.78, 5) is 83.5. The monoisotopic (exact) mass is 675 g/mol. The quantitative estimate of drug-likeness (QED) is 0.197. The fourth-order valence-corrected chi connectivity index (χ4v) is 6.11. The first-order chi connectivity index (χ1) is 23.1. The van der Waals surface area contributed by atoms with E-state index in [0.29, 0.717) is 36.5 Å². The van der Waals surface area contributed by atoms with Gasteiger partial charge in [-0.15, -0.1) is 11.3 Å². The van der Waals surface area contributed by atoms with Gasteiger partial charge in [0.25, 0.3) is 23.8 Å². The van der Waals surface area contributed by atoms with Gasteiger partial charge in [-0.2, -0.15) is 0 Å². The average Bonchev–Trinajstić information content (AvgIpc) is 3.57. The predicted molar refractivity (Wildman–Crippen MR) is 178 cm³/mol. The molecule has 0 fully saturated rings. The molecule has 2 bridgehead atoms. The van der Waals surface area contributed by atoms with Crippen LogP contribution in [0.3, 0.4) is 0 Å². The summed E-state index contributed by atoms with van der Waals surface area (Å²) in [6.07, 6.45) is 4.29. The highest BCUT2D eigenvalue weighted by Crippen LogP contribution is 2.26. The average molecular weight is 676 g/mol. The largest absolute Gasteiger partial charge is 0.483 e. The van der Waals surface area contributed by atoms with Gasteiger partial charge in [0.05, 0.1) is 6.04 Å². The molecule has 48 heavy (non-hydrogen) atoms. The molecule has 0 saturated heterocycles. The smallest absolute Gasteiger partial charge is 0.290 e. The summed E-state index contributed by atoms with van der Waals surface area (Å²) >= 11 is 1.23. The van der Waals surface area contributed by atoms with E-state index >= 15 is 0 Å².